The number of benzene rings is 4. The Kier molecular flexibility index (Phi) is 7.43. The number of barbiturate groups is 1. The molecule has 0 atom stereocenters. The van der Waals surface area contributed by atoms with Gasteiger partial charge in [0, 0.05) is 16.1 Å². The van der Waals surface area contributed by atoms with E-state index in [1.54, 1.807) is 42.5 Å². The van der Waals surface area contributed by atoms with Crippen LogP contribution in [0.25, 0.3) is 16.8 Å². The standard InChI is InChI=1S/C31H23ClN2O5/c1-2-17-38-28-16-11-20-7-3-5-9-24(20)25(28)18-26-29(35)33-31(37)34(30(26)36)22-12-14-23(15-13-22)39-19-21-8-4-6-10-27(21)32/h2-16,18H,1,17,19H2,(H,33,35,37)/b26-18+. The zero-order valence-corrected chi connectivity index (χ0v) is 21.5. The van der Waals surface area contributed by atoms with E-state index in [9.17, 15) is 14.4 Å². The molecule has 5 rings (SSSR count). The maximum atomic E-state index is 13.5. The van der Waals surface area contributed by atoms with Crippen LogP contribution in [0.1, 0.15) is 11.1 Å². The van der Waals surface area contributed by atoms with E-state index < -0.39 is 17.8 Å². The van der Waals surface area contributed by atoms with E-state index in [0.717, 1.165) is 21.2 Å². The fourth-order valence-corrected chi connectivity index (χ4v) is 4.39. The average molecular weight is 539 g/mol. The Labute approximate surface area is 229 Å². The van der Waals surface area contributed by atoms with Crippen molar-refractivity contribution in [3.63, 3.8) is 0 Å². The Hall–Kier alpha value is -4.88. The number of carbonyl (C=O) groups is 3. The largest absolute Gasteiger partial charge is 0.489 e. The lowest BCUT2D eigenvalue weighted by Crippen LogP contribution is -2.54. The minimum atomic E-state index is -0.840. The van der Waals surface area contributed by atoms with Gasteiger partial charge in [-0.1, -0.05) is 72.8 Å². The second-order valence-electron chi connectivity index (χ2n) is 8.63. The summed E-state index contributed by atoms with van der Waals surface area (Å²) >= 11 is 6.19. The second kappa shape index (κ2) is 11.2. The van der Waals surface area contributed by atoms with Gasteiger partial charge in [0.1, 0.15) is 30.3 Å². The third-order valence-corrected chi connectivity index (χ3v) is 6.49. The number of nitrogens with zero attached hydrogens (tertiary/aromatic N) is 1. The van der Waals surface area contributed by atoms with E-state index in [1.807, 2.05) is 48.5 Å². The number of imide groups is 2. The Morgan fingerprint density at radius 3 is 2.38 bits per heavy atom. The molecule has 194 valence electrons. The summed E-state index contributed by atoms with van der Waals surface area (Å²) in [5, 5.41) is 4.55. The van der Waals surface area contributed by atoms with Gasteiger partial charge in [-0.2, -0.15) is 0 Å². The number of hydrogen-bond acceptors (Lipinski definition) is 5. The van der Waals surface area contributed by atoms with Crippen molar-refractivity contribution in [1.82, 2.24) is 5.32 Å². The van der Waals surface area contributed by atoms with Crippen LogP contribution in [0.4, 0.5) is 10.5 Å². The van der Waals surface area contributed by atoms with Crippen molar-refractivity contribution in [2.75, 3.05) is 11.5 Å². The molecule has 0 bridgehead atoms. The lowest BCUT2D eigenvalue weighted by molar-refractivity contribution is -0.122. The molecule has 4 aromatic rings. The van der Waals surface area contributed by atoms with Crippen LogP contribution in [-0.2, 0) is 16.2 Å². The Morgan fingerprint density at radius 2 is 1.62 bits per heavy atom. The van der Waals surface area contributed by atoms with Gasteiger partial charge >= 0.3 is 6.03 Å². The topological polar surface area (TPSA) is 84.9 Å². The molecule has 0 spiro atoms. The molecule has 7 nitrogen and oxygen atoms in total. The zero-order valence-electron chi connectivity index (χ0n) is 20.7. The summed E-state index contributed by atoms with van der Waals surface area (Å²) in [6, 6.07) is 24.1. The molecular formula is C31H23ClN2O5. The van der Waals surface area contributed by atoms with E-state index in [4.69, 9.17) is 21.1 Å². The number of ether oxygens (including phenoxy) is 2. The normalized spacial score (nSPS) is 14.4. The molecule has 0 unspecified atom stereocenters. The van der Waals surface area contributed by atoms with Gasteiger partial charge in [-0.3, -0.25) is 14.9 Å². The number of rotatable bonds is 8. The van der Waals surface area contributed by atoms with Gasteiger partial charge in [-0.25, -0.2) is 9.69 Å². The van der Waals surface area contributed by atoms with Crippen molar-refractivity contribution in [1.29, 1.82) is 0 Å². The minimum absolute atomic E-state index is 0.201. The fourth-order valence-electron chi connectivity index (χ4n) is 4.20. The van der Waals surface area contributed by atoms with E-state index in [1.165, 1.54) is 6.08 Å². The number of anilines is 1. The molecule has 1 fully saturated rings. The fraction of sp³-hybridized carbons (Fsp3) is 0.0645. The third-order valence-electron chi connectivity index (χ3n) is 6.12. The number of carbonyl (C=O) groups excluding carboxylic acids is 3. The number of fused-ring (bicyclic) bond motifs is 1. The molecule has 8 heteroatoms. The first-order chi connectivity index (χ1) is 19.0. The van der Waals surface area contributed by atoms with Crippen LogP contribution >= 0.6 is 11.6 Å². The molecule has 1 heterocycles. The molecule has 0 radical (unpaired) electrons. The predicted octanol–water partition coefficient (Wildman–Crippen LogP) is 6.30. The Morgan fingerprint density at radius 1 is 0.872 bits per heavy atom. The van der Waals surface area contributed by atoms with Crippen LogP contribution in [0.15, 0.2) is 103 Å². The van der Waals surface area contributed by atoms with Gasteiger partial charge in [0.05, 0.1) is 5.69 Å². The maximum absolute atomic E-state index is 13.5. The summed E-state index contributed by atoms with van der Waals surface area (Å²) in [7, 11) is 0. The van der Waals surface area contributed by atoms with Crippen LogP contribution in [0.3, 0.4) is 0 Å². The van der Waals surface area contributed by atoms with Crippen molar-refractivity contribution >= 4 is 52.0 Å². The van der Waals surface area contributed by atoms with Crippen molar-refractivity contribution in [3.8, 4) is 11.5 Å². The van der Waals surface area contributed by atoms with Gasteiger partial charge < -0.3 is 9.47 Å². The monoisotopic (exact) mass is 538 g/mol. The van der Waals surface area contributed by atoms with Crippen LogP contribution in [0, 0.1) is 0 Å². The average Bonchev–Trinajstić information content (AvgIpc) is 2.94. The summed E-state index contributed by atoms with van der Waals surface area (Å²) < 4.78 is 11.6. The highest BCUT2D eigenvalue weighted by molar-refractivity contribution is 6.39. The van der Waals surface area contributed by atoms with Gasteiger partial charge in [0.2, 0.25) is 0 Å². The lowest BCUT2D eigenvalue weighted by Gasteiger charge is -2.26. The molecule has 0 aromatic heterocycles. The van der Waals surface area contributed by atoms with Crippen LogP contribution in [0.5, 0.6) is 11.5 Å². The molecule has 0 aliphatic carbocycles. The first-order valence-electron chi connectivity index (χ1n) is 12.1. The summed E-state index contributed by atoms with van der Waals surface area (Å²) in [5.41, 5.74) is 1.45. The first-order valence-corrected chi connectivity index (χ1v) is 12.5. The molecule has 1 saturated heterocycles. The van der Waals surface area contributed by atoms with Crippen molar-refractivity contribution in [3.05, 3.63) is 119 Å². The molecule has 39 heavy (non-hydrogen) atoms. The molecule has 0 saturated carbocycles. The Balaban J connectivity index is 1.45. The molecule has 1 N–H and O–H groups in total. The number of hydrogen-bond donors (Lipinski definition) is 1. The second-order valence-corrected chi connectivity index (χ2v) is 9.04. The number of nitrogens with one attached hydrogen (secondary N) is 1. The third kappa shape index (κ3) is 5.39. The molecule has 4 amide bonds. The smallest absolute Gasteiger partial charge is 0.335 e. The Bertz CT molecular complexity index is 1630. The van der Waals surface area contributed by atoms with Crippen LogP contribution in [-0.4, -0.2) is 24.5 Å². The highest BCUT2D eigenvalue weighted by Crippen LogP contribution is 2.32. The van der Waals surface area contributed by atoms with Gasteiger partial charge in [0.25, 0.3) is 11.8 Å². The summed E-state index contributed by atoms with van der Waals surface area (Å²) in [5.74, 6) is -0.542. The van der Waals surface area contributed by atoms with E-state index in [2.05, 4.69) is 11.9 Å². The SMILES string of the molecule is C=CCOc1ccc2ccccc2c1/C=C1\C(=O)NC(=O)N(c2ccc(OCc3ccccc3Cl)cc2)C1=O. The van der Waals surface area contributed by atoms with Crippen LogP contribution in [0.2, 0.25) is 5.02 Å². The highest BCUT2D eigenvalue weighted by Gasteiger charge is 2.37. The summed E-state index contributed by atoms with van der Waals surface area (Å²) in [6.45, 7) is 4.17. The first kappa shape index (κ1) is 25.8. The van der Waals surface area contributed by atoms with Gasteiger partial charge in [-0.15, -0.1) is 0 Å². The molecule has 1 aliphatic heterocycles. The number of amides is 4. The van der Waals surface area contributed by atoms with E-state index in [-0.39, 0.29) is 24.5 Å². The van der Waals surface area contributed by atoms with E-state index in [0.29, 0.717) is 22.1 Å². The lowest BCUT2D eigenvalue weighted by atomic mass is 9.99. The quantitative estimate of drug-likeness (QED) is 0.162. The minimum Gasteiger partial charge on any atom is -0.489 e. The van der Waals surface area contributed by atoms with E-state index >= 15 is 0 Å². The van der Waals surface area contributed by atoms with Crippen molar-refractivity contribution in [2.24, 2.45) is 0 Å². The summed E-state index contributed by atoms with van der Waals surface area (Å²) in [4.78, 5) is 40.0. The van der Waals surface area contributed by atoms with Crippen molar-refractivity contribution < 1.29 is 23.9 Å². The van der Waals surface area contributed by atoms with Gasteiger partial charge in [0.15, 0.2) is 0 Å². The zero-order chi connectivity index (χ0) is 27.4. The summed E-state index contributed by atoms with van der Waals surface area (Å²) in [6.07, 6.45) is 3.06. The number of halogens is 1. The predicted molar refractivity (Wildman–Crippen MR) is 151 cm³/mol. The molecular weight excluding hydrogens is 516 g/mol. The molecule has 4 aromatic carbocycles. The van der Waals surface area contributed by atoms with Gasteiger partial charge in [-0.05, 0) is 53.2 Å². The highest BCUT2D eigenvalue weighted by atomic mass is 35.5. The van der Waals surface area contributed by atoms with Crippen LogP contribution < -0.4 is 19.7 Å². The maximum Gasteiger partial charge on any atom is 0.335 e. The number of urea groups is 1. The molecule has 1 aliphatic rings. The van der Waals surface area contributed by atoms with Crippen molar-refractivity contribution in [2.45, 2.75) is 6.61 Å².